The molecule has 1 saturated carbocycles. The highest BCUT2D eigenvalue weighted by Gasteiger charge is 2.31. The molecule has 1 aliphatic carbocycles. The second-order valence-electron chi connectivity index (χ2n) is 12.1. The lowest BCUT2D eigenvalue weighted by Gasteiger charge is -2.41. The lowest BCUT2D eigenvalue weighted by molar-refractivity contribution is -0.115. The smallest absolute Gasteiger partial charge is 0.230 e. The van der Waals surface area contributed by atoms with Crippen LogP contribution in [0.2, 0.25) is 0 Å². The number of carbonyl (C=O) groups is 1. The van der Waals surface area contributed by atoms with Crippen molar-refractivity contribution in [2.75, 3.05) is 51.4 Å². The topological polar surface area (TPSA) is 130 Å². The zero-order chi connectivity index (χ0) is 30.2. The number of aromatic nitrogens is 5. The van der Waals surface area contributed by atoms with Crippen LogP contribution in [0.15, 0.2) is 54.9 Å². The highest BCUT2D eigenvalue weighted by molar-refractivity contribution is 5.99. The van der Waals surface area contributed by atoms with Crippen LogP contribution >= 0.6 is 0 Å². The van der Waals surface area contributed by atoms with E-state index in [4.69, 9.17) is 15.6 Å². The molecule has 1 amide bonds. The molecule has 0 spiro atoms. The molecular weight excluding hydrogens is 554 g/mol. The van der Waals surface area contributed by atoms with Gasteiger partial charge in [-0.2, -0.15) is 5.10 Å². The number of nitrogens with zero attached hydrogens (tertiary/aromatic N) is 6. The van der Waals surface area contributed by atoms with Gasteiger partial charge in [-0.3, -0.25) is 9.69 Å². The molecule has 1 saturated heterocycles. The van der Waals surface area contributed by atoms with Crippen molar-refractivity contribution >= 4 is 39.3 Å². The Kier molecular flexibility index (Phi) is 7.65. The van der Waals surface area contributed by atoms with Crippen molar-refractivity contribution in [3.05, 3.63) is 60.6 Å². The zero-order valence-electron chi connectivity index (χ0n) is 25.3. The van der Waals surface area contributed by atoms with Crippen LogP contribution in [-0.2, 0) is 11.2 Å². The van der Waals surface area contributed by atoms with Crippen molar-refractivity contribution in [1.82, 2.24) is 34.5 Å². The normalized spacial score (nSPS) is 19.9. The van der Waals surface area contributed by atoms with Gasteiger partial charge in [0.2, 0.25) is 5.91 Å². The number of nitrogens with two attached hydrogens (primary N) is 1. The number of carbonyl (C=O) groups excluding carboxylic acids is 1. The first-order valence-corrected chi connectivity index (χ1v) is 15.4. The Morgan fingerprint density at radius 2 is 1.80 bits per heavy atom. The molecule has 2 aliphatic rings. The summed E-state index contributed by atoms with van der Waals surface area (Å²) in [7, 11) is 3.80. The van der Waals surface area contributed by atoms with E-state index in [9.17, 15) is 4.79 Å². The number of likely N-dealkylation sites (N-methyl/N-ethyl adjacent to an activating group) is 1. The maximum Gasteiger partial charge on any atom is 0.230 e. The van der Waals surface area contributed by atoms with Crippen molar-refractivity contribution in [1.29, 1.82) is 0 Å². The van der Waals surface area contributed by atoms with Crippen molar-refractivity contribution < 1.29 is 9.53 Å². The number of para-hydroxylation sites is 1. The van der Waals surface area contributed by atoms with Crippen LogP contribution in [0.25, 0.3) is 33.2 Å². The fourth-order valence-corrected chi connectivity index (χ4v) is 6.84. The number of piperazine rings is 1. The van der Waals surface area contributed by atoms with Crippen molar-refractivity contribution in [3.8, 4) is 17.0 Å². The minimum Gasteiger partial charge on any atom is -0.495 e. The molecule has 4 N–H and O–H groups in total. The molecule has 0 radical (unpaired) electrons. The fourth-order valence-electron chi connectivity index (χ4n) is 6.84. The van der Waals surface area contributed by atoms with Crippen LogP contribution in [0.1, 0.15) is 37.4 Å². The third-order valence-electron chi connectivity index (χ3n) is 9.27. The van der Waals surface area contributed by atoms with E-state index in [1.807, 2.05) is 48.5 Å². The Bertz CT molecular complexity index is 1760. The Morgan fingerprint density at radius 3 is 2.57 bits per heavy atom. The number of ether oxygens (including phenoxy) is 1. The van der Waals surface area contributed by atoms with Gasteiger partial charge >= 0.3 is 0 Å². The first-order chi connectivity index (χ1) is 21.5. The summed E-state index contributed by atoms with van der Waals surface area (Å²) in [6, 6.07) is 16.5. The summed E-state index contributed by atoms with van der Waals surface area (Å²) in [6.07, 6.45) is 6.11. The Balaban J connectivity index is 1.11. The standard InChI is InChI=1S/C33H39N9O2/c1-40-13-15-41(16-14-40)24-8-10-25(11-9-24)42-33-30(32(34)35-20-36-33)31(39-42)22-7-12-27(28(18-22)44-2)38-29(43)19-23-17-21-5-3-4-6-26(21)37-23/h3-7,12,17-18,20,24-25,37H,8-11,13-16,19H2,1-2H3,(H,38,43)(H2,34,35,36). The van der Waals surface area contributed by atoms with Gasteiger partial charge in [-0.1, -0.05) is 24.3 Å². The minimum atomic E-state index is -0.137. The van der Waals surface area contributed by atoms with Crippen LogP contribution in [0.5, 0.6) is 5.75 Å². The van der Waals surface area contributed by atoms with Crippen LogP contribution in [-0.4, -0.2) is 86.8 Å². The van der Waals surface area contributed by atoms with E-state index in [0.29, 0.717) is 29.0 Å². The summed E-state index contributed by atoms with van der Waals surface area (Å²) < 4.78 is 7.78. The molecule has 2 aromatic carbocycles. The lowest BCUT2D eigenvalue weighted by atomic mass is 9.90. The van der Waals surface area contributed by atoms with E-state index in [1.54, 1.807) is 7.11 Å². The summed E-state index contributed by atoms with van der Waals surface area (Å²) in [6.45, 7) is 4.57. The average molecular weight is 594 g/mol. The fraction of sp³-hybridized carbons (Fsp3) is 0.394. The van der Waals surface area contributed by atoms with Gasteiger partial charge in [0.25, 0.3) is 0 Å². The highest BCUT2D eigenvalue weighted by Crippen LogP contribution is 2.39. The van der Waals surface area contributed by atoms with Gasteiger partial charge in [0.1, 0.15) is 23.6 Å². The Hall–Kier alpha value is -4.48. The predicted molar refractivity (Wildman–Crippen MR) is 173 cm³/mol. The average Bonchev–Trinajstić information content (AvgIpc) is 3.64. The number of H-pyrrole nitrogens is 1. The molecule has 0 bridgehead atoms. The van der Waals surface area contributed by atoms with Gasteiger partial charge in [-0.25, -0.2) is 14.6 Å². The van der Waals surface area contributed by atoms with Crippen molar-refractivity contribution in [2.24, 2.45) is 0 Å². The molecule has 1 aliphatic heterocycles. The molecule has 11 nitrogen and oxygen atoms in total. The van der Waals surface area contributed by atoms with E-state index in [0.717, 1.165) is 85.1 Å². The van der Waals surface area contributed by atoms with Crippen LogP contribution < -0.4 is 15.8 Å². The minimum absolute atomic E-state index is 0.137. The van der Waals surface area contributed by atoms with Gasteiger partial charge in [0.15, 0.2) is 5.65 Å². The second kappa shape index (κ2) is 11.9. The summed E-state index contributed by atoms with van der Waals surface area (Å²) in [4.78, 5) is 30.3. The van der Waals surface area contributed by atoms with E-state index >= 15 is 0 Å². The second-order valence-corrected chi connectivity index (χ2v) is 12.1. The molecule has 4 heterocycles. The number of methoxy groups -OCH3 is 1. The predicted octanol–water partition coefficient (Wildman–Crippen LogP) is 4.48. The summed E-state index contributed by atoms with van der Waals surface area (Å²) in [5.74, 6) is 0.803. The molecule has 0 atom stereocenters. The number of hydrogen-bond donors (Lipinski definition) is 3. The molecule has 5 aromatic rings. The van der Waals surface area contributed by atoms with Crippen molar-refractivity contribution in [3.63, 3.8) is 0 Å². The molecule has 3 aromatic heterocycles. The van der Waals surface area contributed by atoms with E-state index in [2.05, 4.69) is 41.8 Å². The number of amides is 1. The number of hydrogen-bond acceptors (Lipinski definition) is 8. The molecule has 2 fully saturated rings. The molecule has 7 rings (SSSR count). The summed E-state index contributed by atoms with van der Waals surface area (Å²) in [5.41, 5.74) is 11.2. The monoisotopic (exact) mass is 593 g/mol. The van der Waals surface area contributed by atoms with Gasteiger partial charge in [0, 0.05) is 49.0 Å². The number of nitrogens with one attached hydrogen (secondary N) is 2. The van der Waals surface area contributed by atoms with E-state index in [1.165, 1.54) is 6.33 Å². The number of fused-ring (bicyclic) bond motifs is 2. The summed E-state index contributed by atoms with van der Waals surface area (Å²) >= 11 is 0. The van der Waals surface area contributed by atoms with E-state index < -0.39 is 0 Å². The number of benzene rings is 2. The molecule has 228 valence electrons. The highest BCUT2D eigenvalue weighted by atomic mass is 16.5. The third kappa shape index (κ3) is 5.48. The molecular formula is C33H39N9O2. The van der Waals surface area contributed by atoms with Crippen LogP contribution in [0.4, 0.5) is 11.5 Å². The molecule has 11 heteroatoms. The number of aromatic amines is 1. The molecule has 0 unspecified atom stereocenters. The SMILES string of the molecule is COc1cc(-c2nn(C3CCC(N4CCN(C)CC4)CC3)c3ncnc(N)c23)ccc1NC(=O)Cc1cc2ccccc2[nH]1. The third-order valence-corrected chi connectivity index (χ3v) is 9.27. The van der Waals surface area contributed by atoms with Crippen molar-refractivity contribution in [2.45, 2.75) is 44.2 Å². The number of anilines is 2. The first kappa shape index (κ1) is 28.3. The first-order valence-electron chi connectivity index (χ1n) is 15.4. The molecule has 44 heavy (non-hydrogen) atoms. The quantitative estimate of drug-likeness (QED) is 0.252. The van der Waals surface area contributed by atoms with Crippen LogP contribution in [0.3, 0.4) is 0 Å². The maximum absolute atomic E-state index is 13.0. The summed E-state index contributed by atoms with van der Waals surface area (Å²) in [5, 5.41) is 9.93. The van der Waals surface area contributed by atoms with E-state index in [-0.39, 0.29) is 18.4 Å². The Morgan fingerprint density at radius 1 is 1.02 bits per heavy atom. The zero-order valence-corrected chi connectivity index (χ0v) is 25.3. The lowest BCUT2D eigenvalue weighted by Crippen LogP contribution is -2.49. The van der Waals surface area contributed by atoms with Gasteiger partial charge < -0.3 is 25.7 Å². The number of nitrogen functional groups attached to an aromatic ring is 1. The van der Waals surface area contributed by atoms with Gasteiger partial charge in [-0.15, -0.1) is 0 Å². The largest absolute Gasteiger partial charge is 0.495 e. The van der Waals surface area contributed by atoms with Gasteiger partial charge in [0.05, 0.1) is 30.6 Å². The van der Waals surface area contributed by atoms with Gasteiger partial charge in [-0.05, 0) is 62.4 Å². The Labute approximate surface area is 256 Å². The number of rotatable bonds is 7. The maximum atomic E-state index is 13.0. The van der Waals surface area contributed by atoms with Crippen LogP contribution in [0, 0.1) is 0 Å².